The van der Waals surface area contributed by atoms with Gasteiger partial charge in [0, 0.05) is 11.8 Å². The fourth-order valence-corrected chi connectivity index (χ4v) is 2.68. The lowest BCUT2D eigenvalue weighted by molar-refractivity contribution is 0.0937. The van der Waals surface area contributed by atoms with Gasteiger partial charge in [-0.25, -0.2) is 0 Å². The standard InChI is InChI=1S/C17H16N4O3/c1-11(16-20-19-15-4-2-3-7-21(15)16)18-17(22)12-5-6-13-14(10-12)24-9-8-23-13/h2-7,10-11H,8-9H2,1H3,(H,18,22). The van der Waals surface area contributed by atoms with Gasteiger partial charge in [-0.05, 0) is 37.3 Å². The molecular weight excluding hydrogens is 308 g/mol. The first kappa shape index (κ1) is 14.5. The molecular formula is C17H16N4O3. The van der Waals surface area contributed by atoms with E-state index in [9.17, 15) is 4.79 Å². The molecule has 1 aromatic carbocycles. The lowest BCUT2D eigenvalue weighted by atomic mass is 10.1. The smallest absolute Gasteiger partial charge is 0.252 e. The largest absolute Gasteiger partial charge is 0.486 e. The average Bonchev–Trinajstić information content (AvgIpc) is 3.05. The minimum Gasteiger partial charge on any atom is -0.486 e. The lowest BCUT2D eigenvalue weighted by Crippen LogP contribution is -2.28. The van der Waals surface area contributed by atoms with Crippen LogP contribution in [0.5, 0.6) is 11.5 Å². The van der Waals surface area contributed by atoms with Crippen molar-refractivity contribution < 1.29 is 14.3 Å². The van der Waals surface area contributed by atoms with Crippen molar-refractivity contribution in [3.8, 4) is 11.5 Å². The number of aromatic nitrogens is 3. The number of pyridine rings is 1. The maximum absolute atomic E-state index is 12.5. The maximum atomic E-state index is 12.5. The van der Waals surface area contributed by atoms with Crippen molar-refractivity contribution >= 4 is 11.6 Å². The van der Waals surface area contributed by atoms with Crippen LogP contribution in [0.25, 0.3) is 5.65 Å². The molecule has 3 heterocycles. The molecule has 0 bridgehead atoms. The van der Waals surface area contributed by atoms with Crippen molar-refractivity contribution in [2.24, 2.45) is 0 Å². The van der Waals surface area contributed by atoms with Crippen LogP contribution < -0.4 is 14.8 Å². The number of nitrogens with one attached hydrogen (secondary N) is 1. The second kappa shape index (κ2) is 5.84. The minimum atomic E-state index is -0.289. The molecule has 7 heteroatoms. The third-order valence-corrected chi connectivity index (χ3v) is 3.88. The molecule has 0 aliphatic carbocycles. The summed E-state index contributed by atoms with van der Waals surface area (Å²) in [6.07, 6.45) is 1.87. The average molecular weight is 324 g/mol. The van der Waals surface area contributed by atoms with Gasteiger partial charge in [-0.15, -0.1) is 10.2 Å². The summed E-state index contributed by atoms with van der Waals surface area (Å²) in [4.78, 5) is 12.5. The van der Waals surface area contributed by atoms with Crippen molar-refractivity contribution in [2.45, 2.75) is 13.0 Å². The highest BCUT2D eigenvalue weighted by Gasteiger charge is 2.19. The number of ether oxygens (including phenoxy) is 2. The molecule has 122 valence electrons. The van der Waals surface area contributed by atoms with Crippen LogP contribution in [0.2, 0.25) is 0 Å². The summed E-state index contributed by atoms with van der Waals surface area (Å²) in [6, 6.07) is 10.5. The Hall–Kier alpha value is -3.09. The van der Waals surface area contributed by atoms with Crippen molar-refractivity contribution in [3.05, 3.63) is 54.0 Å². The van der Waals surface area contributed by atoms with Crippen LogP contribution in [0.3, 0.4) is 0 Å². The first-order valence-corrected chi connectivity index (χ1v) is 7.72. The van der Waals surface area contributed by atoms with E-state index in [1.54, 1.807) is 18.2 Å². The molecule has 4 rings (SSSR count). The molecule has 0 spiro atoms. The van der Waals surface area contributed by atoms with Gasteiger partial charge in [-0.3, -0.25) is 9.20 Å². The highest BCUT2D eigenvalue weighted by molar-refractivity contribution is 5.95. The van der Waals surface area contributed by atoms with E-state index < -0.39 is 0 Å². The molecule has 3 aromatic rings. The highest BCUT2D eigenvalue weighted by Crippen LogP contribution is 2.30. The number of fused-ring (bicyclic) bond motifs is 2. The molecule has 0 radical (unpaired) electrons. The predicted molar refractivity (Wildman–Crippen MR) is 86.3 cm³/mol. The Morgan fingerprint density at radius 3 is 2.88 bits per heavy atom. The molecule has 1 unspecified atom stereocenters. The Morgan fingerprint density at radius 2 is 2.00 bits per heavy atom. The second-order valence-electron chi connectivity index (χ2n) is 5.54. The Balaban J connectivity index is 1.55. The quantitative estimate of drug-likeness (QED) is 0.797. The summed E-state index contributed by atoms with van der Waals surface area (Å²) in [6.45, 7) is 2.88. The normalized spacial score (nSPS) is 14.4. The Morgan fingerprint density at radius 1 is 1.17 bits per heavy atom. The van der Waals surface area contributed by atoms with Crippen LogP contribution in [-0.2, 0) is 0 Å². The molecule has 2 aromatic heterocycles. The van der Waals surface area contributed by atoms with Crippen molar-refractivity contribution in [2.75, 3.05) is 13.2 Å². The number of benzene rings is 1. The molecule has 0 saturated carbocycles. The van der Waals surface area contributed by atoms with E-state index >= 15 is 0 Å². The number of carbonyl (C=O) groups excluding carboxylic acids is 1. The summed E-state index contributed by atoms with van der Waals surface area (Å²) in [7, 11) is 0. The molecule has 0 fully saturated rings. The predicted octanol–water partition coefficient (Wildman–Crippen LogP) is 1.99. The van der Waals surface area contributed by atoms with Gasteiger partial charge in [0.15, 0.2) is 23.0 Å². The highest BCUT2D eigenvalue weighted by atomic mass is 16.6. The lowest BCUT2D eigenvalue weighted by Gasteiger charge is -2.19. The van der Waals surface area contributed by atoms with Crippen LogP contribution in [-0.4, -0.2) is 33.7 Å². The molecule has 7 nitrogen and oxygen atoms in total. The van der Waals surface area contributed by atoms with E-state index in [0.717, 1.165) is 5.65 Å². The minimum absolute atomic E-state index is 0.202. The van der Waals surface area contributed by atoms with Gasteiger partial charge in [-0.1, -0.05) is 6.07 Å². The van der Waals surface area contributed by atoms with E-state index in [0.29, 0.717) is 36.1 Å². The zero-order chi connectivity index (χ0) is 16.5. The van der Waals surface area contributed by atoms with Gasteiger partial charge in [0.25, 0.3) is 5.91 Å². The summed E-state index contributed by atoms with van der Waals surface area (Å²) in [5.41, 5.74) is 1.26. The van der Waals surface area contributed by atoms with E-state index in [4.69, 9.17) is 9.47 Å². The second-order valence-corrected chi connectivity index (χ2v) is 5.54. The van der Waals surface area contributed by atoms with Gasteiger partial charge in [0.1, 0.15) is 13.2 Å². The molecule has 1 aliphatic rings. The van der Waals surface area contributed by atoms with Gasteiger partial charge in [0.05, 0.1) is 6.04 Å². The van der Waals surface area contributed by atoms with Crippen molar-refractivity contribution in [1.82, 2.24) is 19.9 Å². The molecule has 1 atom stereocenters. The SMILES string of the molecule is CC(NC(=O)c1ccc2c(c1)OCCO2)c1nnc2ccccn12. The number of hydrogen-bond acceptors (Lipinski definition) is 5. The third kappa shape index (κ3) is 2.54. The molecule has 1 N–H and O–H groups in total. The number of rotatable bonds is 3. The van der Waals surface area contributed by atoms with E-state index in [1.807, 2.05) is 35.7 Å². The summed E-state index contributed by atoms with van der Waals surface area (Å²) in [5.74, 6) is 1.73. The van der Waals surface area contributed by atoms with Crippen LogP contribution >= 0.6 is 0 Å². The molecule has 24 heavy (non-hydrogen) atoms. The Labute approximate surface area is 138 Å². The van der Waals surface area contributed by atoms with E-state index in [1.165, 1.54) is 0 Å². The molecule has 1 aliphatic heterocycles. The zero-order valence-electron chi connectivity index (χ0n) is 13.1. The monoisotopic (exact) mass is 324 g/mol. The number of nitrogens with zero attached hydrogens (tertiary/aromatic N) is 3. The van der Waals surface area contributed by atoms with Gasteiger partial charge >= 0.3 is 0 Å². The van der Waals surface area contributed by atoms with Crippen LogP contribution in [0.1, 0.15) is 29.1 Å². The van der Waals surface area contributed by atoms with Gasteiger partial charge < -0.3 is 14.8 Å². The van der Waals surface area contributed by atoms with Gasteiger partial charge in [0.2, 0.25) is 0 Å². The first-order chi connectivity index (χ1) is 11.7. The molecule has 1 amide bonds. The molecule has 0 saturated heterocycles. The number of hydrogen-bond donors (Lipinski definition) is 1. The maximum Gasteiger partial charge on any atom is 0.252 e. The fraction of sp³-hybridized carbons (Fsp3) is 0.235. The van der Waals surface area contributed by atoms with Crippen LogP contribution in [0.4, 0.5) is 0 Å². The number of carbonyl (C=O) groups is 1. The van der Waals surface area contributed by atoms with E-state index in [-0.39, 0.29) is 11.9 Å². The van der Waals surface area contributed by atoms with Crippen LogP contribution in [0, 0.1) is 0 Å². The van der Waals surface area contributed by atoms with Gasteiger partial charge in [-0.2, -0.15) is 0 Å². The zero-order valence-corrected chi connectivity index (χ0v) is 13.1. The topological polar surface area (TPSA) is 77.8 Å². The summed E-state index contributed by atoms with van der Waals surface area (Å²) < 4.78 is 12.8. The summed E-state index contributed by atoms with van der Waals surface area (Å²) >= 11 is 0. The van der Waals surface area contributed by atoms with Crippen molar-refractivity contribution in [1.29, 1.82) is 0 Å². The van der Waals surface area contributed by atoms with E-state index in [2.05, 4.69) is 15.5 Å². The summed E-state index contributed by atoms with van der Waals surface area (Å²) in [5, 5.41) is 11.2. The fourth-order valence-electron chi connectivity index (χ4n) is 2.68. The third-order valence-electron chi connectivity index (χ3n) is 3.88. The van der Waals surface area contributed by atoms with Crippen molar-refractivity contribution in [3.63, 3.8) is 0 Å². The Kier molecular flexibility index (Phi) is 3.53. The first-order valence-electron chi connectivity index (χ1n) is 7.72. The Bertz CT molecular complexity index is 906. The number of amides is 1. The van der Waals surface area contributed by atoms with Crippen LogP contribution in [0.15, 0.2) is 42.6 Å².